The number of rotatable bonds is 4. The molecule has 29 heavy (non-hydrogen) atoms. The van der Waals surface area contributed by atoms with Gasteiger partial charge in [-0.3, -0.25) is 14.5 Å². The number of aromatic amines is 1. The maximum absolute atomic E-state index is 12.8. The van der Waals surface area contributed by atoms with E-state index >= 15 is 0 Å². The molecule has 1 aromatic carbocycles. The van der Waals surface area contributed by atoms with Gasteiger partial charge < -0.3 is 4.90 Å². The van der Waals surface area contributed by atoms with E-state index in [-0.39, 0.29) is 11.7 Å². The average Bonchev–Trinajstić information content (AvgIpc) is 3.48. The summed E-state index contributed by atoms with van der Waals surface area (Å²) in [5.74, 6) is 2.01. The molecule has 146 valence electrons. The van der Waals surface area contributed by atoms with Crippen LogP contribution in [0.4, 0.5) is 0 Å². The third-order valence-corrected chi connectivity index (χ3v) is 4.80. The molecule has 1 aliphatic heterocycles. The number of carbonyl (C=O) groups is 1. The average molecular weight is 390 g/mol. The maximum atomic E-state index is 12.8. The van der Waals surface area contributed by atoms with Crippen LogP contribution in [0.1, 0.15) is 27.8 Å². The van der Waals surface area contributed by atoms with E-state index in [1.807, 2.05) is 22.9 Å². The summed E-state index contributed by atoms with van der Waals surface area (Å²) in [6.45, 7) is 1.67. The van der Waals surface area contributed by atoms with Crippen LogP contribution in [0.2, 0.25) is 0 Å². The van der Waals surface area contributed by atoms with E-state index in [1.54, 1.807) is 4.90 Å². The van der Waals surface area contributed by atoms with Crippen LogP contribution in [0, 0.1) is 0 Å². The minimum atomic E-state index is -0.202. The zero-order chi connectivity index (χ0) is 19.6. The number of hydrogen-bond donors (Lipinski definition) is 1. The molecule has 0 fully saturated rings. The summed E-state index contributed by atoms with van der Waals surface area (Å²) >= 11 is 0. The standard InChI is InChI=1S/C18H18N10O/c29-17(16-22-18(24-23-16)27-11-19-20-12-27)26-7-6-15-21-14(25-28(15)9-8-26)10-13-4-2-1-3-5-13/h1-5,11-12H,6-10H2,(H,22,23,24). The Bertz CT molecular complexity index is 1090. The second kappa shape index (κ2) is 7.26. The molecule has 0 spiro atoms. The Balaban J connectivity index is 1.26. The van der Waals surface area contributed by atoms with E-state index in [0.717, 1.165) is 11.6 Å². The van der Waals surface area contributed by atoms with Gasteiger partial charge in [0, 0.05) is 25.9 Å². The van der Waals surface area contributed by atoms with E-state index in [2.05, 4.69) is 47.6 Å². The van der Waals surface area contributed by atoms with Gasteiger partial charge in [-0.15, -0.1) is 15.3 Å². The molecule has 1 aliphatic rings. The number of aromatic nitrogens is 9. The number of benzene rings is 1. The Hall–Kier alpha value is -3.89. The van der Waals surface area contributed by atoms with Crippen molar-refractivity contribution in [2.45, 2.75) is 19.4 Å². The van der Waals surface area contributed by atoms with Crippen LogP contribution in [0.5, 0.6) is 0 Å². The molecule has 0 radical (unpaired) electrons. The largest absolute Gasteiger partial charge is 0.334 e. The van der Waals surface area contributed by atoms with E-state index in [4.69, 9.17) is 0 Å². The molecule has 4 aromatic rings. The van der Waals surface area contributed by atoms with Gasteiger partial charge in [0.2, 0.25) is 5.82 Å². The van der Waals surface area contributed by atoms with Gasteiger partial charge in [-0.2, -0.15) is 10.1 Å². The van der Waals surface area contributed by atoms with Gasteiger partial charge in [0.1, 0.15) is 18.5 Å². The monoisotopic (exact) mass is 390 g/mol. The molecule has 11 heteroatoms. The van der Waals surface area contributed by atoms with Gasteiger partial charge in [0.15, 0.2) is 5.82 Å². The van der Waals surface area contributed by atoms with Crippen LogP contribution in [0.15, 0.2) is 43.0 Å². The van der Waals surface area contributed by atoms with Crippen molar-refractivity contribution in [1.29, 1.82) is 0 Å². The summed E-state index contributed by atoms with van der Waals surface area (Å²) in [6, 6.07) is 10.2. The van der Waals surface area contributed by atoms with Crippen LogP contribution in [-0.4, -0.2) is 68.6 Å². The molecule has 1 amide bonds. The Morgan fingerprint density at radius 1 is 1.03 bits per heavy atom. The molecule has 1 N–H and O–H groups in total. The lowest BCUT2D eigenvalue weighted by molar-refractivity contribution is 0.0746. The lowest BCUT2D eigenvalue weighted by Gasteiger charge is -2.18. The number of nitrogens with one attached hydrogen (secondary N) is 1. The number of nitrogens with zero attached hydrogens (tertiary/aromatic N) is 9. The minimum Gasteiger partial charge on any atom is -0.334 e. The predicted molar refractivity (Wildman–Crippen MR) is 100 cm³/mol. The number of carbonyl (C=O) groups excluding carboxylic acids is 1. The zero-order valence-electron chi connectivity index (χ0n) is 15.5. The molecule has 0 saturated heterocycles. The maximum Gasteiger partial charge on any atom is 0.291 e. The fraction of sp³-hybridized carbons (Fsp3) is 0.278. The highest BCUT2D eigenvalue weighted by molar-refractivity contribution is 5.90. The SMILES string of the molecule is O=C(c1nc(-n2cnnc2)n[nH]1)N1CCc2nc(Cc3ccccc3)nn2CC1. The van der Waals surface area contributed by atoms with Crippen molar-refractivity contribution in [2.24, 2.45) is 0 Å². The highest BCUT2D eigenvalue weighted by Crippen LogP contribution is 2.12. The third kappa shape index (κ3) is 3.49. The van der Waals surface area contributed by atoms with Crippen molar-refractivity contribution in [3.05, 3.63) is 66.0 Å². The first-order valence-corrected chi connectivity index (χ1v) is 9.29. The van der Waals surface area contributed by atoms with Crippen LogP contribution in [0.3, 0.4) is 0 Å². The predicted octanol–water partition coefficient (Wildman–Crippen LogP) is 0.266. The van der Waals surface area contributed by atoms with Crippen LogP contribution >= 0.6 is 0 Å². The number of hydrogen-bond acceptors (Lipinski definition) is 7. The van der Waals surface area contributed by atoms with Crippen molar-refractivity contribution >= 4 is 5.91 Å². The van der Waals surface area contributed by atoms with Crippen LogP contribution in [0.25, 0.3) is 5.95 Å². The number of fused-ring (bicyclic) bond motifs is 1. The highest BCUT2D eigenvalue weighted by Gasteiger charge is 2.24. The molecular formula is C18H18N10O. The van der Waals surface area contributed by atoms with Crippen LogP contribution in [-0.2, 0) is 19.4 Å². The summed E-state index contributed by atoms with van der Waals surface area (Å²) in [5, 5.41) is 18.8. The Labute approximate surface area is 165 Å². The van der Waals surface area contributed by atoms with Crippen molar-refractivity contribution in [3.8, 4) is 5.95 Å². The van der Waals surface area contributed by atoms with Crippen molar-refractivity contribution in [1.82, 2.24) is 49.6 Å². The summed E-state index contributed by atoms with van der Waals surface area (Å²) in [5.41, 5.74) is 1.18. The number of H-pyrrole nitrogens is 1. The molecule has 11 nitrogen and oxygen atoms in total. The molecular weight excluding hydrogens is 372 g/mol. The first-order valence-electron chi connectivity index (χ1n) is 9.29. The summed E-state index contributed by atoms with van der Waals surface area (Å²) in [4.78, 5) is 23.5. The first kappa shape index (κ1) is 17.2. The Morgan fingerprint density at radius 3 is 2.69 bits per heavy atom. The summed E-state index contributed by atoms with van der Waals surface area (Å²) in [6.07, 6.45) is 4.29. The zero-order valence-corrected chi connectivity index (χ0v) is 15.5. The minimum absolute atomic E-state index is 0.186. The first-order chi connectivity index (χ1) is 14.3. The quantitative estimate of drug-likeness (QED) is 0.530. The molecule has 4 heterocycles. The fourth-order valence-corrected chi connectivity index (χ4v) is 3.33. The molecule has 0 aliphatic carbocycles. The van der Waals surface area contributed by atoms with E-state index in [9.17, 15) is 4.79 Å². The lowest BCUT2D eigenvalue weighted by Crippen LogP contribution is -2.34. The Kier molecular flexibility index (Phi) is 4.31. The van der Waals surface area contributed by atoms with Crippen molar-refractivity contribution < 1.29 is 4.79 Å². The molecule has 0 unspecified atom stereocenters. The fourth-order valence-electron chi connectivity index (χ4n) is 3.33. The van der Waals surface area contributed by atoms with Gasteiger partial charge in [-0.1, -0.05) is 30.3 Å². The highest BCUT2D eigenvalue weighted by atomic mass is 16.2. The molecule has 5 rings (SSSR count). The Morgan fingerprint density at radius 2 is 1.86 bits per heavy atom. The summed E-state index contributed by atoms with van der Waals surface area (Å²) in [7, 11) is 0. The van der Waals surface area contributed by atoms with Gasteiger partial charge in [-0.25, -0.2) is 9.67 Å². The van der Waals surface area contributed by atoms with Gasteiger partial charge in [0.05, 0.1) is 6.54 Å². The van der Waals surface area contributed by atoms with Gasteiger partial charge >= 0.3 is 0 Å². The van der Waals surface area contributed by atoms with Crippen molar-refractivity contribution in [3.63, 3.8) is 0 Å². The van der Waals surface area contributed by atoms with E-state index in [0.29, 0.717) is 38.4 Å². The second-order valence-corrected chi connectivity index (χ2v) is 6.73. The van der Waals surface area contributed by atoms with E-state index < -0.39 is 0 Å². The van der Waals surface area contributed by atoms with Gasteiger partial charge in [0.25, 0.3) is 11.9 Å². The molecule has 0 saturated carbocycles. The number of amides is 1. The van der Waals surface area contributed by atoms with Crippen LogP contribution < -0.4 is 0 Å². The lowest BCUT2D eigenvalue weighted by atomic mass is 10.1. The molecule has 3 aromatic heterocycles. The second-order valence-electron chi connectivity index (χ2n) is 6.73. The molecule has 0 bridgehead atoms. The normalized spacial score (nSPS) is 13.9. The smallest absolute Gasteiger partial charge is 0.291 e. The topological polar surface area (TPSA) is 123 Å². The summed E-state index contributed by atoms with van der Waals surface area (Å²) < 4.78 is 3.43. The molecule has 0 atom stereocenters. The van der Waals surface area contributed by atoms with Gasteiger partial charge in [-0.05, 0) is 5.56 Å². The van der Waals surface area contributed by atoms with Crippen molar-refractivity contribution in [2.75, 3.05) is 13.1 Å². The van der Waals surface area contributed by atoms with E-state index in [1.165, 1.54) is 22.8 Å². The third-order valence-electron chi connectivity index (χ3n) is 4.80.